The number of benzene rings is 2. The number of carbonyl (C=O) groups excluding carboxylic acids is 3. The van der Waals surface area contributed by atoms with Crippen molar-refractivity contribution in [1.29, 1.82) is 5.26 Å². The van der Waals surface area contributed by atoms with Gasteiger partial charge in [-0.2, -0.15) is 15.3 Å². The van der Waals surface area contributed by atoms with E-state index in [1.165, 1.54) is 20.9 Å². The van der Waals surface area contributed by atoms with Gasteiger partial charge < -0.3 is 40.1 Å². The molecule has 2 saturated heterocycles. The van der Waals surface area contributed by atoms with Gasteiger partial charge in [0.25, 0.3) is 5.56 Å². The number of hydrogen-bond donors (Lipinski definition) is 4. The second kappa shape index (κ2) is 19.2. The summed E-state index contributed by atoms with van der Waals surface area (Å²) >= 11 is 0. The lowest BCUT2D eigenvalue weighted by Gasteiger charge is -2.33. The van der Waals surface area contributed by atoms with Crippen LogP contribution in [0.25, 0.3) is 10.9 Å². The molecule has 0 radical (unpaired) electrons. The molecule has 306 valence electrons. The Kier molecular flexibility index (Phi) is 13.7. The molecule has 58 heavy (non-hydrogen) atoms. The van der Waals surface area contributed by atoms with Crippen molar-refractivity contribution in [2.75, 3.05) is 87.0 Å². The van der Waals surface area contributed by atoms with Crippen molar-refractivity contribution in [2.45, 2.75) is 44.8 Å². The fourth-order valence-electron chi connectivity index (χ4n) is 6.97. The number of hydrogen-bond acceptors (Lipinski definition) is 13. The largest absolute Gasteiger partial charge is 0.445 e. The molecule has 0 spiro atoms. The molecule has 0 unspecified atom stereocenters. The Hall–Kier alpha value is -6.32. The van der Waals surface area contributed by atoms with Gasteiger partial charge >= 0.3 is 12.1 Å². The Morgan fingerprint density at radius 3 is 2.29 bits per heavy atom. The Morgan fingerprint density at radius 1 is 0.948 bits per heavy atom. The lowest BCUT2D eigenvalue weighted by molar-refractivity contribution is -0.115. The zero-order valence-electron chi connectivity index (χ0n) is 33.1. The molecular weight excluding hydrogens is 745 g/mol. The highest BCUT2D eigenvalue weighted by Gasteiger charge is 2.30. The second-order valence-corrected chi connectivity index (χ2v) is 14.6. The van der Waals surface area contributed by atoms with Crippen LogP contribution in [-0.4, -0.2) is 126 Å². The first-order chi connectivity index (χ1) is 28.0. The van der Waals surface area contributed by atoms with Crippen molar-refractivity contribution >= 4 is 57.8 Å². The van der Waals surface area contributed by atoms with Gasteiger partial charge in [0.1, 0.15) is 17.5 Å². The highest BCUT2D eigenvalue weighted by atomic mass is 16.6. The highest BCUT2D eigenvalue weighted by Crippen LogP contribution is 2.34. The molecule has 6 rings (SSSR count). The van der Waals surface area contributed by atoms with Crippen LogP contribution in [0.5, 0.6) is 0 Å². The summed E-state index contributed by atoms with van der Waals surface area (Å²) in [4.78, 5) is 70.9. The molecule has 0 aliphatic carbocycles. The number of rotatable bonds is 13. The normalized spacial score (nSPS) is 14.8. The standard InChI is InChI=1S/C40H50N12O6/c1-42-25-34(54)44-29-6-4-28(5-7-29)26-58-40(57)49(3)23-22-48(2)39(56)52(31-10-8-30(9-11-31)50-20-15-32(53)16-21-50)36-35-33(24-43-47-37(35)55)45-38(46-36)51-18-13-27(12-17-41)14-19-51/h4-11,24,27,32,42,53H,12-16,18-23,25-26H2,1-3H3,(H,44,54)(H,47,55). The third-order valence-electron chi connectivity index (χ3n) is 10.5. The van der Waals surface area contributed by atoms with E-state index in [1.807, 2.05) is 17.0 Å². The lowest BCUT2D eigenvalue weighted by atomic mass is 9.94. The predicted molar refractivity (Wildman–Crippen MR) is 219 cm³/mol. The van der Waals surface area contributed by atoms with E-state index in [-0.39, 0.29) is 60.9 Å². The van der Waals surface area contributed by atoms with Crippen molar-refractivity contribution < 1.29 is 24.2 Å². The number of aliphatic hydroxyl groups excluding tert-OH is 1. The van der Waals surface area contributed by atoms with Gasteiger partial charge in [-0.1, -0.05) is 12.1 Å². The predicted octanol–water partition coefficient (Wildman–Crippen LogP) is 3.42. The first kappa shape index (κ1) is 41.3. The van der Waals surface area contributed by atoms with Gasteiger partial charge in [0, 0.05) is 71.2 Å². The van der Waals surface area contributed by atoms with Crippen molar-refractivity contribution in [1.82, 2.24) is 35.3 Å². The molecule has 2 aliphatic rings. The number of likely N-dealkylation sites (N-methyl/N-ethyl adjacent to an activating group) is 3. The van der Waals surface area contributed by atoms with Gasteiger partial charge in [-0.25, -0.2) is 24.6 Å². The summed E-state index contributed by atoms with van der Waals surface area (Å²) in [6.45, 7) is 3.01. The molecule has 18 heteroatoms. The highest BCUT2D eigenvalue weighted by molar-refractivity contribution is 6.05. The molecule has 4 amide bonds. The average molecular weight is 795 g/mol. The maximum atomic E-state index is 14.7. The van der Waals surface area contributed by atoms with E-state index in [9.17, 15) is 29.5 Å². The van der Waals surface area contributed by atoms with Crippen molar-refractivity contribution in [3.05, 3.63) is 70.6 Å². The van der Waals surface area contributed by atoms with Crippen LogP contribution >= 0.6 is 0 Å². The smallest absolute Gasteiger partial charge is 0.409 e. The zero-order valence-corrected chi connectivity index (χ0v) is 33.1. The number of piperidine rings is 2. The third-order valence-corrected chi connectivity index (χ3v) is 10.5. The number of nitriles is 1. The van der Waals surface area contributed by atoms with E-state index in [4.69, 9.17) is 14.7 Å². The fourth-order valence-corrected chi connectivity index (χ4v) is 6.97. The first-order valence-corrected chi connectivity index (χ1v) is 19.4. The van der Waals surface area contributed by atoms with Gasteiger partial charge in [0.2, 0.25) is 11.9 Å². The molecule has 2 aromatic carbocycles. The number of amides is 4. The number of H-pyrrole nitrogens is 1. The number of anilines is 5. The third kappa shape index (κ3) is 10.2. The second-order valence-electron chi connectivity index (χ2n) is 14.6. The SMILES string of the molecule is CNCC(=O)Nc1ccc(COC(=O)N(C)CCN(C)C(=O)N(c2ccc(N3CCC(O)CC3)cc2)c2nc(N3CCC(CC#N)CC3)nc3cn[nH]c(=O)c23)cc1. The summed E-state index contributed by atoms with van der Waals surface area (Å²) in [6.07, 6.45) is 3.86. The van der Waals surface area contributed by atoms with Crippen molar-refractivity contribution in [3.63, 3.8) is 0 Å². The number of carbonyl (C=O) groups is 3. The van der Waals surface area contributed by atoms with E-state index in [0.717, 1.165) is 24.1 Å². The number of fused-ring (bicyclic) bond motifs is 1. The van der Waals surface area contributed by atoms with Gasteiger partial charge in [0.15, 0.2) is 5.82 Å². The minimum atomic E-state index is -0.589. The number of nitrogens with one attached hydrogen (secondary N) is 3. The molecule has 2 aliphatic heterocycles. The van der Waals surface area contributed by atoms with Gasteiger partial charge in [-0.3, -0.25) is 9.59 Å². The summed E-state index contributed by atoms with van der Waals surface area (Å²) in [6, 6.07) is 16.1. The van der Waals surface area contributed by atoms with Crippen molar-refractivity contribution in [2.24, 2.45) is 5.92 Å². The monoisotopic (exact) mass is 794 g/mol. The van der Waals surface area contributed by atoms with Crippen LogP contribution in [0.15, 0.2) is 59.5 Å². The van der Waals surface area contributed by atoms with E-state index in [0.29, 0.717) is 62.8 Å². The zero-order chi connectivity index (χ0) is 41.2. The molecule has 0 atom stereocenters. The Labute approximate surface area is 336 Å². The summed E-state index contributed by atoms with van der Waals surface area (Å²) in [7, 11) is 4.87. The molecule has 4 aromatic rings. The van der Waals surface area contributed by atoms with E-state index < -0.39 is 17.7 Å². The Bertz CT molecular complexity index is 2140. The lowest BCUT2D eigenvalue weighted by Crippen LogP contribution is -2.43. The number of aromatic nitrogens is 4. The maximum Gasteiger partial charge on any atom is 0.409 e. The minimum Gasteiger partial charge on any atom is -0.445 e. The molecule has 2 aromatic heterocycles. The van der Waals surface area contributed by atoms with Crippen LogP contribution in [0.2, 0.25) is 0 Å². The summed E-state index contributed by atoms with van der Waals surface area (Å²) < 4.78 is 5.52. The molecule has 0 bridgehead atoms. The molecular formula is C40H50N12O6. The first-order valence-electron chi connectivity index (χ1n) is 19.4. The van der Waals surface area contributed by atoms with Crippen molar-refractivity contribution in [3.8, 4) is 6.07 Å². The fraction of sp³-hybridized carbons (Fsp3) is 0.450. The van der Waals surface area contributed by atoms with Gasteiger partial charge in [-0.15, -0.1) is 0 Å². The number of aliphatic hydroxyl groups is 1. The quantitative estimate of drug-likeness (QED) is 0.153. The van der Waals surface area contributed by atoms with Crippen LogP contribution in [0.3, 0.4) is 0 Å². The molecule has 2 fully saturated rings. The van der Waals surface area contributed by atoms with Crippen LogP contribution in [-0.2, 0) is 16.1 Å². The number of urea groups is 1. The average Bonchev–Trinajstić information content (AvgIpc) is 3.23. The summed E-state index contributed by atoms with van der Waals surface area (Å²) in [5, 5.41) is 31.4. The number of aromatic amines is 1. The number of ether oxygens (including phenoxy) is 1. The van der Waals surface area contributed by atoms with Crippen LogP contribution in [0.1, 0.15) is 37.7 Å². The molecule has 4 heterocycles. The Morgan fingerprint density at radius 2 is 1.62 bits per heavy atom. The summed E-state index contributed by atoms with van der Waals surface area (Å²) in [5.41, 5.74) is 2.44. The number of nitrogens with zero attached hydrogens (tertiary/aromatic N) is 9. The van der Waals surface area contributed by atoms with Gasteiger partial charge in [0.05, 0.1) is 30.6 Å². The molecule has 0 saturated carbocycles. The molecule has 4 N–H and O–H groups in total. The minimum absolute atomic E-state index is 0.00693. The van der Waals surface area contributed by atoms with Gasteiger partial charge in [-0.05, 0) is 80.6 Å². The van der Waals surface area contributed by atoms with E-state index in [1.54, 1.807) is 57.5 Å². The van der Waals surface area contributed by atoms with Crippen LogP contribution < -0.4 is 30.9 Å². The molecule has 18 nitrogen and oxygen atoms in total. The summed E-state index contributed by atoms with van der Waals surface area (Å²) in [5.74, 6) is 0.511. The van der Waals surface area contributed by atoms with E-state index in [2.05, 4.69) is 31.8 Å². The van der Waals surface area contributed by atoms with Crippen LogP contribution in [0.4, 0.5) is 38.4 Å². The topological polar surface area (TPSA) is 216 Å². The maximum absolute atomic E-state index is 14.7. The Balaban J connectivity index is 1.22. The van der Waals surface area contributed by atoms with Crippen LogP contribution in [0, 0.1) is 17.2 Å². The van der Waals surface area contributed by atoms with E-state index >= 15 is 0 Å².